The average molecular weight is 194 g/mol. The van der Waals surface area contributed by atoms with Crippen LogP contribution in [0.3, 0.4) is 0 Å². The summed E-state index contributed by atoms with van der Waals surface area (Å²) < 4.78 is 28.2. The summed E-state index contributed by atoms with van der Waals surface area (Å²) in [6.07, 6.45) is -0.162. The molecule has 1 aromatic carbocycles. The van der Waals surface area contributed by atoms with Crippen LogP contribution in [0, 0.1) is 0 Å². The third-order valence-corrected chi connectivity index (χ3v) is 2.69. The van der Waals surface area contributed by atoms with Crippen LogP contribution in [-0.4, -0.2) is 31.1 Å². The maximum Gasteiger partial charge on any atom is 0.0977 e. The Labute approximate surface area is 89.7 Å². The number of hydrogen-bond donors (Lipinski definition) is 0. The highest BCUT2D eigenvalue weighted by Gasteiger charge is 2.27. The lowest BCUT2D eigenvalue weighted by Crippen LogP contribution is -2.42. The lowest BCUT2D eigenvalue weighted by molar-refractivity contribution is -0.0571. The van der Waals surface area contributed by atoms with Crippen molar-refractivity contribution < 1.29 is 8.85 Å². The molecule has 2 nitrogen and oxygen atoms in total. The number of benzene rings is 1. The van der Waals surface area contributed by atoms with Crippen LogP contribution in [0.2, 0.25) is 0 Å². The van der Waals surface area contributed by atoms with Crippen LogP contribution in [0.25, 0.3) is 0 Å². The summed E-state index contributed by atoms with van der Waals surface area (Å²) in [6, 6.07) is 9.64. The SMILES string of the molecule is [2H]C([2H])([2H])N1CCO[C@@H](c2ccccc2)[C@@H]1C. The molecule has 1 fully saturated rings. The zero-order valence-corrected chi connectivity index (χ0v) is 8.31. The Morgan fingerprint density at radius 2 is 2.21 bits per heavy atom. The van der Waals surface area contributed by atoms with Gasteiger partial charge in [0.25, 0.3) is 0 Å². The lowest BCUT2D eigenvalue weighted by Gasteiger charge is -2.37. The molecule has 0 amide bonds. The Kier molecular flexibility index (Phi) is 1.94. The molecule has 0 aromatic heterocycles. The summed E-state index contributed by atoms with van der Waals surface area (Å²) in [5.74, 6) is 0. The van der Waals surface area contributed by atoms with E-state index in [1.807, 2.05) is 37.3 Å². The molecule has 0 unspecified atom stereocenters. The highest BCUT2D eigenvalue weighted by Crippen LogP contribution is 2.26. The Morgan fingerprint density at radius 1 is 1.43 bits per heavy atom. The molecule has 0 saturated carbocycles. The van der Waals surface area contributed by atoms with E-state index in [1.54, 1.807) is 0 Å². The Morgan fingerprint density at radius 3 is 2.93 bits per heavy atom. The van der Waals surface area contributed by atoms with Crippen molar-refractivity contribution in [3.63, 3.8) is 0 Å². The summed E-state index contributed by atoms with van der Waals surface area (Å²) in [5, 5.41) is 0. The fraction of sp³-hybridized carbons (Fsp3) is 0.500. The van der Waals surface area contributed by atoms with Gasteiger partial charge in [-0.3, -0.25) is 4.90 Å². The van der Waals surface area contributed by atoms with E-state index in [2.05, 4.69) is 0 Å². The Bertz CT molecular complexity index is 366. The second-order valence-electron chi connectivity index (χ2n) is 3.64. The standard InChI is InChI=1S/C12H17NO/c1-10-12(14-9-8-13(10)2)11-6-4-3-5-7-11/h3-7,10,12H,8-9H2,1-2H3/t10-,12+/m0/s1/i2D3. The molecule has 0 aliphatic carbocycles. The number of nitrogens with zero attached hydrogens (tertiary/aromatic N) is 1. The van der Waals surface area contributed by atoms with Gasteiger partial charge in [0.2, 0.25) is 0 Å². The van der Waals surface area contributed by atoms with Gasteiger partial charge < -0.3 is 4.74 Å². The minimum atomic E-state index is -2.05. The van der Waals surface area contributed by atoms with Gasteiger partial charge in [-0.2, -0.15) is 0 Å². The van der Waals surface area contributed by atoms with Crippen LogP contribution >= 0.6 is 0 Å². The van der Waals surface area contributed by atoms with E-state index >= 15 is 0 Å². The van der Waals surface area contributed by atoms with Gasteiger partial charge in [0.15, 0.2) is 0 Å². The molecule has 76 valence electrons. The van der Waals surface area contributed by atoms with Crippen molar-refractivity contribution in [2.45, 2.75) is 19.1 Å². The van der Waals surface area contributed by atoms with Gasteiger partial charge in [0.05, 0.1) is 12.7 Å². The Hall–Kier alpha value is -0.860. The van der Waals surface area contributed by atoms with Gasteiger partial charge in [-0.1, -0.05) is 30.3 Å². The van der Waals surface area contributed by atoms with E-state index in [0.29, 0.717) is 13.2 Å². The molecule has 0 radical (unpaired) electrons. The smallest absolute Gasteiger partial charge is 0.0977 e. The quantitative estimate of drug-likeness (QED) is 0.678. The first kappa shape index (κ1) is 6.59. The summed E-state index contributed by atoms with van der Waals surface area (Å²) in [6.45, 7) is 0.780. The summed E-state index contributed by atoms with van der Waals surface area (Å²) in [4.78, 5) is 1.54. The van der Waals surface area contributed by atoms with Crippen molar-refractivity contribution >= 4 is 0 Å². The minimum absolute atomic E-state index is 0.140. The first-order valence-corrected chi connectivity index (χ1v) is 4.93. The second kappa shape index (κ2) is 4.11. The zero-order chi connectivity index (χ0) is 12.5. The molecule has 0 N–H and O–H groups in total. The third kappa shape index (κ3) is 1.81. The number of morpholine rings is 1. The molecule has 14 heavy (non-hydrogen) atoms. The summed E-state index contributed by atoms with van der Waals surface area (Å²) >= 11 is 0. The maximum absolute atomic E-state index is 7.51. The molecule has 1 heterocycles. The first-order valence-electron chi connectivity index (χ1n) is 6.43. The number of likely N-dealkylation sites (N-methyl/N-ethyl adjacent to an activating group) is 1. The zero-order valence-electron chi connectivity index (χ0n) is 11.3. The van der Waals surface area contributed by atoms with Crippen molar-refractivity contribution in [3.8, 4) is 0 Å². The van der Waals surface area contributed by atoms with Crippen molar-refractivity contribution in [1.29, 1.82) is 0 Å². The van der Waals surface area contributed by atoms with E-state index in [9.17, 15) is 0 Å². The molecule has 2 heteroatoms. The predicted molar refractivity (Wildman–Crippen MR) is 57.2 cm³/mol. The number of ether oxygens (including phenoxy) is 1. The molecule has 2 rings (SSSR count). The molecular formula is C12H17NO. The van der Waals surface area contributed by atoms with Crippen molar-refractivity contribution in [1.82, 2.24) is 4.90 Å². The van der Waals surface area contributed by atoms with Crippen molar-refractivity contribution in [2.24, 2.45) is 0 Å². The van der Waals surface area contributed by atoms with E-state index in [4.69, 9.17) is 8.85 Å². The number of rotatable bonds is 1. The normalized spacial score (nSPS) is 33.1. The van der Waals surface area contributed by atoms with E-state index in [-0.39, 0.29) is 12.1 Å². The van der Waals surface area contributed by atoms with E-state index in [0.717, 1.165) is 5.56 Å². The fourth-order valence-corrected chi connectivity index (χ4v) is 1.80. The van der Waals surface area contributed by atoms with Gasteiger partial charge in [-0.25, -0.2) is 0 Å². The highest BCUT2D eigenvalue weighted by molar-refractivity contribution is 5.19. The summed E-state index contributed by atoms with van der Waals surface area (Å²) in [7, 11) is 0. The molecule has 2 atom stereocenters. The van der Waals surface area contributed by atoms with Gasteiger partial charge >= 0.3 is 0 Å². The highest BCUT2D eigenvalue weighted by atomic mass is 16.5. The van der Waals surface area contributed by atoms with Crippen LogP contribution in [0.4, 0.5) is 0 Å². The van der Waals surface area contributed by atoms with Crippen LogP contribution in [0.5, 0.6) is 0 Å². The maximum atomic E-state index is 7.51. The molecule has 1 aliphatic rings. The van der Waals surface area contributed by atoms with Gasteiger partial charge in [-0.05, 0) is 19.5 Å². The van der Waals surface area contributed by atoms with Crippen LogP contribution < -0.4 is 0 Å². The lowest BCUT2D eigenvalue weighted by atomic mass is 10.0. The third-order valence-electron chi connectivity index (χ3n) is 2.69. The average Bonchev–Trinajstić information content (AvgIpc) is 2.29. The van der Waals surface area contributed by atoms with Crippen LogP contribution in [0.15, 0.2) is 30.3 Å². The summed E-state index contributed by atoms with van der Waals surface area (Å²) in [5.41, 5.74) is 1.04. The molecule has 0 spiro atoms. The topological polar surface area (TPSA) is 12.5 Å². The molecular weight excluding hydrogens is 174 g/mol. The second-order valence-corrected chi connectivity index (χ2v) is 3.64. The van der Waals surface area contributed by atoms with Crippen LogP contribution in [0.1, 0.15) is 22.7 Å². The molecule has 1 saturated heterocycles. The van der Waals surface area contributed by atoms with Crippen molar-refractivity contribution in [2.75, 3.05) is 20.1 Å². The van der Waals surface area contributed by atoms with Crippen LogP contribution in [-0.2, 0) is 4.74 Å². The molecule has 0 bridgehead atoms. The first-order chi connectivity index (χ1) is 8.00. The van der Waals surface area contributed by atoms with Gasteiger partial charge in [-0.15, -0.1) is 0 Å². The molecule has 1 aliphatic heterocycles. The largest absolute Gasteiger partial charge is 0.371 e. The fourth-order valence-electron chi connectivity index (χ4n) is 1.80. The monoisotopic (exact) mass is 194 g/mol. The predicted octanol–water partition coefficient (Wildman–Crippen LogP) is 2.08. The van der Waals surface area contributed by atoms with Gasteiger partial charge in [0.1, 0.15) is 0 Å². The van der Waals surface area contributed by atoms with Gasteiger partial charge in [0, 0.05) is 16.7 Å². The van der Waals surface area contributed by atoms with E-state index < -0.39 is 6.98 Å². The Balaban J connectivity index is 2.20. The molecule has 1 aromatic rings. The van der Waals surface area contributed by atoms with Crippen molar-refractivity contribution in [3.05, 3.63) is 35.9 Å². The minimum Gasteiger partial charge on any atom is -0.371 e. The van der Waals surface area contributed by atoms with E-state index in [1.165, 1.54) is 4.90 Å². The number of hydrogen-bond acceptors (Lipinski definition) is 2.